The van der Waals surface area contributed by atoms with Crippen LogP contribution in [-0.4, -0.2) is 35.5 Å². The van der Waals surface area contributed by atoms with Crippen molar-refractivity contribution in [3.8, 4) is 0 Å². The Morgan fingerprint density at radius 2 is 1.75 bits per heavy atom. The first-order chi connectivity index (χ1) is 5.62. The number of hydrogen-bond donors (Lipinski definition) is 4. The molecule has 0 aliphatic heterocycles. The highest BCUT2D eigenvalue weighted by Gasteiger charge is 1.91. The van der Waals surface area contributed by atoms with Crippen LogP contribution in [0, 0.1) is 0 Å². The van der Waals surface area contributed by atoms with Crippen LogP contribution in [0.2, 0.25) is 0 Å². The van der Waals surface area contributed by atoms with Gasteiger partial charge in [0.15, 0.2) is 0 Å². The summed E-state index contributed by atoms with van der Waals surface area (Å²) in [5.74, 6) is 0. The lowest BCUT2D eigenvalue weighted by Crippen LogP contribution is -2.22. The van der Waals surface area contributed by atoms with Gasteiger partial charge < -0.3 is 21.7 Å². The third-order valence-electron chi connectivity index (χ3n) is 1.50. The van der Waals surface area contributed by atoms with Crippen LogP contribution in [0.4, 0.5) is 0 Å². The Labute approximate surface area is 74.6 Å². The maximum Gasteiger partial charge on any atom is 0.0659 e. The average molecular weight is 178 g/mol. The summed E-state index contributed by atoms with van der Waals surface area (Å²) < 4.78 is 0. The molecular weight excluding hydrogens is 156 g/mol. The molecule has 2 atom stereocenters. The SMILES string of the molecule is CCC(N)CO.CC[C@@H](O)CN. The van der Waals surface area contributed by atoms with Crippen molar-refractivity contribution in [1.82, 2.24) is 0 Å². The molecule has 0 aliphatic rings. The topological polar surface area (TPSA) is 92.5 Å². The molecule has 1 unspecified atom stereocenters. The lowest BCUT2D eigenvalue weighted by atomic mass is 10.3. The van der Waals surface area contributed by atoms with Crippen molar-refractivity contribution in [2.75, 3.05) is 13.2 Å². The Bertz CT molecular complexity index is 63.5. The number of aliphatic hydroxyl groups is 2. The second kappa shape index (κ2) is 10.8. The summed E-state index contributed by atoms with van der Waals surface area (Å²) in [6.07, 6.45) is 1.33. The molecule has 0 amide bonds. The van der Waals surface area contributed by atoms with Crippen LogP contribution in [0.5, 0.6) is 0 Å². The van der Waals surface area contributed by atoms with Gasteiger partial charge in [0.05, 0.1) is 12.7 Å². The normalized spacial score (nSPS) is 14.5. The maximum absolute atomic E-state index is 8.54. The summed E-state index contributed by atoms with van der Waals surface area (Å²) >= 11 is 0. The van der Waals surface area contributed by atoms with Gasteiger partial charge in [-0.3, -0.25) is 0 Å². The summed E-state index contributed by atoms with van der Waals surface area (Å²) in [5.41, 5.74) is 10.3. The molecule has 0 saturated carbocycles. The molecule has 0 aromatic rings. The van der Waals surface area contributed by atoms with Crippen molar-refractivity contribution >= 4 is 0 Å². The molecule has 6 N–H and O–H groups in total. The van der Waals surface area contributed by atoms with Crippen LogP contribution in [0.25, 0.3) is 0 Å². The Kier molecular flexibility index (Phi) is 13.0. The Balaban J connectivity index is 0. The van der Waals surface area contributed by atoms with E-state index in [9.17, 15) is 0 Å². The fourth-order valence-corrected chi connectivity index (χ4v) is 0.296. The zero-order valence-corrected chi connectivity index (χ0v) is 8.03. The smallest absolute Gasteiger partial charge is 0.0659 e. The summed E-state index contributed by atoms with van der Waals surface area (Å²) in [4.78, 5) is 0. The molecular formula is C8H22N2O2. The molecule has 0 aliphatic carbocycles. The summed E-state index contributed by atoms with van der Waals surface area (Å²) in [6, 6.07) is -0.00926. The van der Waals surface area contributed by atoms with Crippen LogP contribution < -0.4 is 11.5 Å². The number of hydrogen-bond acceptors (Lipinski definition) is 4. The molecule has 0 saturated heterocycles. The predicted octanol–water partition coefficient (Wildman–Crippen LogP) is -0.568. The van der Waals surface area contributed by atoms with Crippen molar-refractivity contribution < 1.29 is 10.2 Å². The first-order valence-corrected chi connectivity index (χ1v) is 4.36. The maximum atomic E-state index is 8.54. The molecule has 4 heteroatoms. The minimum Gasteiger partial charge on any atom is -0.395 e. The first-order valence-electron chi connectivity index (χ1n) is 4.36. The van der Waals surface area contributed by atoms with Crippen LogP contribution in [0.15, 0.2) is 0 Å². The van der Waals surface area contributed by atoms with Crippen molar-refractivity contribution in [3.05, 3.63) is 0 Å². The fourth-order valence-electron chi connectivity index (χ4n) is 0.296. The van der Waals surface area contributed by atoms with Crippen LogP contribution in [0.1, 0.15) is 26.7 Å². The lowest BCUT2D eigenvalue weighted by molar-refractivity contribution is 0.179. The van der Waals surface area contributed by atoms with Crippen LogP contribution in [0.3, 0.4) is 0 Å². The highest BCUT2D eigenvalue weighted by Crippen LogP contribution is 1.81. The van der Waals surface area contributed by atoms with Crippen LogP contribution >= 0.6 is 0 Å². The van der Waals surface area contributed by atoms with Gasteiger partial charge in [0.25, 0.3) is 0 Å². The molecule has 76 valence electrons. The second-order valence-corrected chi connectivity index (χ2v) is 2.65. The van der Waals surface area contributed by atoms with Gasteiger partial charge in [0.2, 0.25) is 0 Å². The molecule has 0 heterocycles. The molecule has 0 aromatic carbocycles. The third-order valence-corrected chi connectivity index (χ3v) is 1.50. The molecule has 0 rings (SSSR count). The third kappa shape index (κ3) is 12.5. The van der Waals surface area contributed by atoms with Crippen molar-refractivity contribution in [2.24, 2.45) is 11.5 Å². The molecule has 12 heavy (non-hydrogen) atoms. The van der Waals surface area contributed by atoms with E-state index >= 15 is 0 Å². The Morgan fingerprint density at radius 3 is 1.75 bits per heavy atom. The van der Waals surface area contributed by atoms with Gasteiger partial charge >= 0.3 is 0 Å². The van der Waals surface area contributed by atoms with Crippen molar-refractivity contribution in [2.45, 2.75) is 38.8 Å². The first kappa shape index (κ1) is 14.4. The highest BCUT2D eigenvalue weighted by molar-refractivity contribution is 4.51. The quantitative estimate of drug-likeness (QED) is 0.464. The van der Waals surface area contributed by atoms with Gasteiger partial charge in [-0.2, -0.15) is 0 Å². The van der Waals surface area contributed by atoms with E-state index in [-0.39, 0.29) is 18.8 Å². The summed E-state index contributed by atoms with van der Waals surface area (Å²) in [6.45, 7) is 4.34. The largest absolute Gasteiger partial charge is 0.395 e. The van der Waals surface area contributed by atoms with Crippen molar-refractivity contribution in [1.29, 1.82) is 0 Å². The predicted molar refractivity (Wildman–Crippen MR) is 50.7 cm³/mol. The van der Waals surface area contributed by atoms with E-state index in [0.717, 1.165) is 12.8 Å². The minimum atomic E-state index is -0.287. The number of nitrogens with two attached hydrogens (primary N) is 2. The number of rotatable bonds is 4. The van der Waals surface area contributed by atoms with Gasteiger partial charge in [-0.05, 0) is 12.8 Å². The summed E-state index contributed by atoms with van der Waals surface area (Å²) in [5, 5.41) is 16.8. The van der Waals surface area contributed by atoms with E-state index in [1.54, 1.807) is 0 Å². The van der Waals surface area contributed by atoms with E-state index in [1.165, 1.54) is 0 Å². The summed E-state index contributed by atoms with van der Waals surface area (Å²) in [7, 11) is 0. The van der Waals surface area contributed by atoms with E-state index < -0.39 is 0 Å². The van der Waals surface area contributed by atoms with Crippen LogP contribution in [-0.2, 0) is 0 Å². The molecule has 0 radical (unpaired) electrons. The number of aliphatic hydroxyl groups excluding tert-OH is 2. The van der Waals surface area contributed by atoms with Gasteiger partial charge in [0.1, 0.15) is 0 Å². The second-order valence-electron chi connectivity index (χ2n) is 2.65. The van der Waals surface area contributed by atoms with E-state index in [0.29, 0.717) is 6.54 Å². The van der Waals surface area contributed by atoms with E-state index in [2.05, 4.69) is 0 Å². The molecule has 0 spiro atoms. The lowest BCUT2D eigenvalue weighted by Gasteiger charge is -1.98. The molecule has 0 fully saturated rings. The van der Waals surface area contributed by atoms with Gasteiger partial charge in [0, 0.05) is 12.6 Å². The Morgan fingerprint density at radius 1 is 1.25 bits per heavy atom. The fraction of sp³-hybridized carbons (Fsp3) is 1.00. The highest BCUT2D eigenvalue weighted by atomic mass is 16.3. The standard InChI is InChI=1S/2C4H11NO/c1-2-4(5)3-6;1-2-4(6)3-5/h2*4,6H,2-3,5H2,1H3/t;4-/m.1/s1. The Hall–Kier alpha value is -0.160. The zero-order valence-electron chi connectivity index (χ0n) is 8.03. The average Bonchev–Trinajstić information content (AvgIpc) is 2.16. The molecule has 4 nitrogen and oxygen atoms in total. The monoisotopic (exact) mass is 178 g/mol. The van der Waals surface area contributed by atoms with Gasteiger partial charge in [-0.25, -0.2) is 0 Å². The molecule has 0 bridgehead atoms. The van der Waals surface area contributed by atoms with E-state index in [4.69, 9.17) is 21.7 Å². The molecule has 0 aromatic heterocycles. The van der Waals surface area contributed by atoms with Gasteiger partial charge in [-0.15, -0.1) is 0 Å². The van der Waals surface area contributed by atoms with Gasteiger partial charge in [-0.1, -0.05) is 13.8 Å². The van der Waals surface area contributed by atoms with E-state index in [1.807, 2.05) is 13.8 Å². The minimum absolute atomic E-state index is 0.00926. The zero-order chi connectivity index (χ0) is 9.98. The van der Waals surface area contributed by atoms with Crippen molar-refractivity contribution in [3.63, 3.8) is 0 Å².